The lowest BCUT2D eigenvalue weighted by Crippen LogP contribution is -2.46. The van der Waals surface area contributed by atoms with Crippen molar-refractivity contribution in [1.29, 1.82) is 0 Å². The van der Waals surface area contributed by atoms with Gasteiger partial charge in [0.15, 0.2) is 0 Å². The third-order valence-corrected chi connectivity index (χ3v) is 5.27. The number of hydrogen-bond acceptors (Lipinski definition) is 4. The van der Waals surface area contributed by atoms with Crippen molar-refractivity contribution >= 4 is 11.4 Å². The Balaban J connectivity index is 1.65. The SMILES string of the molecule is Cc1cc([N+](=O)[O-])ccc1N1CCC(N2CCCC2C)CC1. The van der Waals surface area contributed by atoms with Gasteiger partial charge >= 0.3 is 0 Å². The van der Waals surface area contributed by atoms with E-state index in [9.17, 15) is 10.1 Å². The molecule has 5 nitrogen and oxygen atoms in total. The van der Waals surface area contributed by atoms with Crippen molar-refractivity contribution in [3.63, 3.8) is 0 Å². The molecule has 2 saturated heterocycles. The molecule has 120 valence electrons. The molecule has 1 aromatic carbocycles. The van der Waals surface area contributed by atoms with E-state index in [0.717, 1.165) is 30.4 Å². The molecule has 1 unspecified atom stereocenters. The van der Waals surface area contributed by atoms with Gasteiger partial charge in [0.2, 0.25) is 0 Å². The predicted molar refractivity (Wildman–Crippen MR) is 88.5 cm³/mol. The number of anilines is 1. The van der Waals surface area contributed by atoms with E-state index < -0.39 is 0 Å². The molecular formula is C17H25N3O2. The Morgan fingerprint density at radius 3 is 2.45 bits per heavy atom. The molecule has 0 saturated carbocycles. The van der Waals surface area contributed by atoms with Crippen LogP contribution in [-0.2, 0) is 0 Å². The molecule has 0 aliphatic carbocycles. The van der Waals surface area contributed by atoms with Crippen LogP contribution in [0.1, 0.15) is 38.2 Å². The lowest BCUT2D eigenvalue weighted by molar-refractivity contribution is -0.384. The lowest BCUT2D eigenvalue weighted by Gasteiger charge is -2.40. The molecule has 1 aromatic rings. The molecule has 5 heteroatoms. The first-order valence-electron chi connectivity index (χ1n) is 8.32. The van der Waals surface area contributed by atoms with Crippen LogP contribution in [0.4, 0.5) is 11.4 Å². The highest BCUT2D eigenvalue weighted by Gasteiger charge is 2.30. The Kier molecular flexibility index (Phi) is 4.34. The first-order chi connectivity index (χ1) is 10.6. The van der Waals surface area contributed by atoms with Crippen molar-refractivity contribution in [2.75, 3.05) is 24.5 Å². The number of benzene rings is 1. The van der Waals surface area contributed by atoms with Crippen molar-refractivity contribution in [2.45, 2.75) is 51.6 Å². The zero-order valence-electron chi connectivity index (χ0n) is 13.5. The quantitative estimate of drug-likeness (QED) is 0.634. The maximum atomic E-state index is 10.8. The normalized spacial score (nSPS) is 23.9. The van der Waals surface area contributed by atoms with Crippen molar-refractivity contribution in [3.05, 3.63) is 33.9 Å². The fourth-order valence-electron chi connectivity index (χ4n) is 4.04. The minimum Gasteiger partial charge on any atom is -0.371 e. The summed E-state index contributed by atoms with van der Waals surface area (Å²) < 4.78 is 0. The molecule has 22 heavy (non-hydrogen) atoms. The molecule has 2 fully saturated rings. The predicted octanol–water partition coefficient (Wildman–Crippen LogP) is 3.36. The van der Waals surface area contributed by atoms with Crippen LogP contribution in [0, 0.1) is 17.0 Å². The molecule has 2 aliphatic rings. The topological polar surface area (TPSA) is 49.6 Å². The molecule has 0 spiro atoms. The van der Waals surface area contributed by atoms with Crippen LogP contribution >= 0.6 is 0 Å². The fourth-order valence-corrected chi connectivity index (χ4v) is 4.04. The summed E-state index contributed by atoms with van der Waals surface area (Å²) in [4.78, 5) is 15.6. The molecule has 0 radical (unpaired) electrons. The van der Waals surface area contributed by atoms with E-state index in [0.29, 0.717) is 6.04 Å². The van der Waals surface area contributed by atoms with Crippen molar-refractivity contribution in [3.8, 4) is 0 Å². The van der Waals surface area contributed by atoms with Gasteiger partial charge in [-0.1, -0.05) is 0 Å². The van der Waals surface area contributed by atoms with E-state index in [-0.39, 0.29) is 10.6 Å². The summed E-state index contributed by atoms with van der Waals surface area (Å²) in [6.45, 7) is 7.66. The van der Waals surface area contributed by atoms with Gasteiger partial charge in [0.1, 0.15) is 0 Å². The van der Waals surface area contributed by atoms with Gasteiger partial charge in [-0.25, -0.2) is 0 Å². The Labute approximate surface area is 132 Å². The Morgan fingerprint density at radius 1 is 1.18 bits per heavy atom. The molecule has 0 aromatic heterocycles. The van der Waals surface area contributed by atoms with Gasteiger partial charge < -0.3 is 4.90 Å². The van der Waals surface area contributed by atoms with Gasteiger partial charge in [-0.05, 0) is 57.7 Å². The van der Waals surface area contributed by atoms with E-state index in [1.54, 1.807) is 12.1 Å². The number of non-ortho nitro benzene ring substituents is 1. The fraction of sp³-hybridized carbons (Fsp3) is 0.647. The summed E-state index contributed by atoms with van der Waals surface area (Å²) >= 11 is 0. The van der Waals surface area contributed by atoms with Crippen LogP contribution in [0.3, 0.4) is 0 Å². The van der Waals surface area contributed by atoms with Gasteiger partial charge in [0, 0.05) is 43.0 Å². The summed E-state index contributed by atoms with van der Waals surface area (Å²) in [5.74, 6) is 0. The number of aryl methyl sites for hydroxylation is 1. The standard InChI is InChI=1S/C17H25N3O2/c1-13-12-16(20(21)22)5-6-17(13)18-10-7-15(8-11-18)19-9-3-4-14(19)2/h5-6,12,14-15H,3-4,7-11H2,1-2H3. The minimum atomic E-state index is -0.322. The van der Waals surface area contributed by atoms with Crippen molar-refractivity contribution in [2.24, 2.45) is 0 Å². The third-order valence-electron chi connectivity index (χ3n) is 5.27. The number of nitro benzene ring substituents is 1. The first kappa shape index (κ1) is 15.3. The van der Waals surface area contributed by atoms with E-state index >= 15 is 0 Å². The molecule has 2 aliphatic heterocycles. The molecule has 0 N–H and O–H groups in total. The van der Waals surface area contributed by atoms with Gasteiger partial charge in [-0.2, -0.15) is 0 Å². The highest BCUT2D eigenvalue weighted by molar-refractivity contribution is 5.57. The second-order valence-electron chi connectivity index (χ2n) is 6.68. The van der Waals surface area contributed by atoms with Crippen LogP contribution in [0.25, 0.3) is 0 Å². The van der Waals surface area contributed by atoms with E-state index in [1.165, 1.54) is 32.2 Å². The smallest absolute Gasteiger partial charge is 0.269 e. The minimum absolute atomic E-state index is 0.182. The number of piperidine rings is 1. The van der Waals surface area contributed by atoms with Crippen molar-refractivity contribution in [1.82, 2.24) is 4.90 Å². The summed E-state index contributed by atoms with van der Waals surface area (Å²) in [5.41, 5.74) is 2.34. The third kappa shape index (κ3) is 2.95. The number of likely N-dealkylation sites (tertiary alicyclic amines) is 1. The van der Waals surface area contributed by atoms with Gasteiger partial charge in [-0.3, -0.25) is 15.0 Å². The van der Waals surface area contributed by atoms with E-state index in [2.05, 4.69) is 16.7 Å². The van der Waals surface area contributed by atoms with Crippen molar-refractivity contribution < 1.29 is 4.92 Å². The van der Waals surface area contributed by atoms with Crippen LogP contribution in [0.15, 0.2) is 18.2 Å². The highest BCUT2D eigenvalue weighted by Crippen LogP contribution is 2.30. The molecule has 0 bridgehead atoms. The number of nitrogens with zero attached hydrogens (tertiary/aromatic N) is 3. The van der Waals surface area contributed by atoms with Gasteiger partial charge in [0.05, 0.1) is 4.92 Å². The van der Waals surface area contributed by atoms with Crippen LogP contribution in [-0.4, -0.2) is 41.5 Å². The van der Waals surface area contributed by atoms with Gasteiger partial charge in [-0.15, -0.1) is 0 Å². The van der Waals surface area contributed by atoms with Crippen LogP contribution in [0.2, 0.25) is 0 Å². The van der Waals surface area contributed by atoms with E-state index in [1.807, 2.05) is 13.0 Å². The Hall–Kier alpha value is -1.62. The van der Waals surface area contributed by atoms with Crippen LogP contribution < -0.4 is 4.90 Å². The largest absolute Gasteiger partial charge is 0.371 e. The average Bonchev–Trinajstić information content (AvgIpc) is 2.93. The van der Waals surface area contributed by atoms with E-state index in [4.69, 9.17) is 0 Å². The average molecular weight is 303 g/mol. The monoisotopic (exact) mass is 303 g/mol. The summed E-state index contributed by atoms with van der Waals surface area (Å²) in [5, 5.41) is 10.8. The Bertz CT molecular complexity index is 553. The molecule has 0 amide bonds. The molecular weight excluding hydrogens is 278 g/mol. The maximum absolute atomic E-state index is 10.8. The zero-order chi connectivity index (χ0) is 15.7. The first-order valence-corrected chi connectivity index (χ1v) is 8.32. The summed E-state index contributed by atoms with van der Waals surface area (Å²) in [6, 6.07) is 6.66. The summed E-state index contributed by atoms with van der Waals surface area (Å²) in [6.07, 6.45) is 5.06. The van der Waals surface area contributed by atoms with Gasteiger partial charge in [0.25, 0.3) is 5.69 Å². The lowest BCUT2D eigenvalue weighted by atomic mass is 10.0. The number of nitro groups is 1. The molecule has 1 atom stereocenters. The summed E-state index contributed by atoms with van der Waals surface area (Å²) in [7, 11) is 0. The zero-order valence-corrected chi connectivity index (χ0v) is 13.5. The number of rotatable bonds is 3. The number of hydrogen-bond donors (Lipinski definition) is 0. The Morgan fingerprint density at radius 2 is 1.91 bits per heavy atom. The second-order valence-corrected chi connectivity index (χ2v) is 6.68. The highest BCUT2D eigenvalue weighted by atomic mass is 16.6. The van der Waals surface area contributed by atoms with Crippen LogP contribution in [0.5, 0.6) is 0 Å². The second kappa shape index (κ2) is 6.24. The molecule has 3 rings (SSSR count). The molecule has 2 heterocycles. The maximum Gasteiger partial charge on any atom is 0.269 e.